The highest BCUT2D eigenvalue weighted by Crippen LogP contribution is 2.31. The van der Waals surface area contributed by atoms with Crippen molar-refractivity contribution >= 4 is 22.5 Å². The predicted octanol–water partition coefficient (Wildman–Crippen LogP) is 4.56. The van der Waals surface area contributed by atoms with Crippen molar-refractivity contribution in [3.63, 3.8) is 0 Å². The monoisotopic (exact) mass is 477 g/mol. The van der Waals surface area contributed by atoms with Gasteiger partial charge in [0.1, 0.15) is 11.5 Å². The number of benzene rings is 2. The highest BCUT2D eigenvalue weighted by molar-refractivity contribution is 6.30. The lowest BCUT2D eigenvalue weighted by Crippen LogP contribution is -2.25. The summed E-state index contributed by atoms with van der Waals surface area (Å²) in [6, 6.07) is 13.1. The van der Waals surface area contributed by atoms with E-state index in [0.29, 0.717) is 5.56 Å². The summed E-state index contributed by atoms with van der Waals surface area (Å²) in [5.41, 5.74) is 4.59. The molecular weight excluding hydrogens is 457 g/mol. The molecule has 5 aromatic rings. The van der Waals surface area contributed by atoms with E-state index in [2.05, 4.69) is 15.3 Å². The van der Waals surface area contributed by atoms with Crippen LogP contribution in [0.1, 0.15) is 18.0 Å². The maximum atomic E-state index is 13.6. The molecular formula is C25H21ClFN5O2. The summed E-state index contributed by atoms with van der Waals surface area (Å²) in [5, 5.41) is 22.2. The largest absolute Gasteiger partial charge is 0.396 e. The van der Waals surface area contributed by atoms with E-state index in [1.165, 1.54) is 16.7 Å². The minimum Gasteiger partial charge on any atom is -0.396 e. The van der Waals surface area contributed by atoms with Gasteiger partial charge in [0, 0.05) is 43.1 Å². The van der Waals surface area contributed by atoms with Crippen molar-refractivity contribution in [2.45, 2.75) is 12.5 Å². The van der Waals surface area contributed by atoms with Gasteiger partial charge in [0.2, 0.25) is 0 Å². The number of rotatable bonds is 6. The standard InChI is InChI=1S/C25H21ClFN5O2/c1-31-14-18(13-28-31)25-19-10-15(3-5-22(19)29-30-25)16-6-8-32(24(34)12-16)23(7-9-33)17-2-4-21(27)20(26)11-17/h2-6,8,10-14,23,33H,7,9H2,1H3,(H,29,30)/t23-/m1/s1. The molecule has 2 aromatic carbocycles. The van der Waals surface area contributed by atoms with E-state index < -0.39 is 11.9 Å². The van der Waals surface area contributed by atoms with Crippen molar-refractivity contribution in [3.8, 4) is 22.4 Å². The number of aromatic nitrogens is 5. The number of aromatic amines is 1. The molecule has 0 saturated heterocycles. The van der Waals surface area contributed by atoms with Crippen LogP contribution in [0.15, 0.2) is 71.9 Å². The van der Waals surface area contributed by atoms with Crippen molar-refractivity contribution < 1.29 is 9.50 Å². The summed E-state index contributed by atoms with van der Waals surface area (Å²) in [6.45, 7) is -0.137. The maximum absolute atomic E-state index is 13.6. The summed E-state index contributed by atoms with van der Waals surface area (Å²) in [5.74, 6) is -0.531. The molecule has 0 saturated carbocycles. The molecule has 0 aliphatic heterocycles. The summed E-state index contributed by atoms with van der Waals surface area (Å²) >= 11 is 5.95. The van der Waals surface area contributed by atoms with E-state index in [-0.39, 0.29) is 23.6 Å². The topological polar surface area (TPSA) is 88.7 Å². The third kappa shape index (κ3) is 4.02. The zero-order valence-electron chi connectivity index (χ0n) is 18.2. The van der Waals surface area contributed by atoms with Crippen molar-refractivity contribution in [2.75, 3.05) is 6.61 Å². The van der Waals surface area contributed by atoms with Crippen molar-refractivity contribution in [2.24, 2.45) is 7.05 Å². The van der Waals surface area contributed by atoms with Crippen LogP contribution >= 0.6 is 11.6 Å². The Bertz CT molecular complexity index is 1550. The lowest BCUT2D eigenvalue weighted by molar-refractivity contribution is 0.267. The van der Waals surface area contributed by atoms with Crippen LogP contribution in [0, 0.1) is 5.82 Å². The molecule has 0 fully saturated rings. The average Bonchev–Trinajstić information content (AvgIpc) is 3.45. The first kappa shape index (κ1) is 22.1. The minimum atomic E-state index is -0.531. The Morgan fingerprint density at radius 1 is 1.12 bits per heavy atom. The normalized spacial score (nSPS) is 12.4. The Balaban J connectivity index is 1.54. The number of hydrogen-bond donors (Lipinski definition) is 2. The molecule has 0 bridgehead atoms. The summed E-state index contributed by atoms with van der Waals surface area (Å²) in [6.07, 6.45) is 5.63. The van der Waals surface area contributed by atoms with Gasteiger partial charge in [-0.15, -0.1) is 0 Å². The first-order valence-electron chi connectivity index (χ1n) is 10.7. The van der Waals surface area contributed by atoms with E-state index in [9.17, 15) is 14.3 Å². The molecule has 0 radical (unpaired) electrons. The van der Waals surface area contributed by atoms with Crippen LogP contribution in [0.4, 0.5) is 4.39 Å². The number of aryl methyl sites for hydroxylation is 1. The fraction of sp³-hybridized carbons (Fsp3) is 0.160. The highest BCUT2D eigenvalue weighted by Gasteiger charge is 2.17. The second kappa shape index (κ2) is 8.89. The van der Waals surface area contributed by atoms with Gasteiger partial charge in [0.25, 0.3) is 5.56 Å². The Kier molecular flexibility index (Phi) is 5.77. The SMILES string of the molecule is Cn1cc(-c2n[nH]c3ccc(-c4ccn([C@H](CCO)c5ccc(F)c(Cl)c5)c(=O)c4)cc23)cn1. The van der Waals surface area contributed by atoms with Crippen LogP contribution in [0.2, 0.25) is 5.02 Å². The van der Waals surface area contributed by atoms with Crippen molar-refractivity contribution in [1.82, 2.24) is 24.5 Å². The van der Waals surface area contributed by atoms with Crippen LogP contribution < -0.4 is 5.56 Å². The lowest BCUT2D eigenvalue weighted by Gasteiger charge is -2.20. The molecule has 0 unspecified atom stereocenters. The highest BCUT2D eigenvalue weighted by atomic mass is 35.5. The summed E-state index contributed by atoms with van der Waals surface area (Å²) < 4.78 is 16.9. The quantitative estimate of drug-likeness (QED) is 0.375. The molecule has 0 spiro atoms. The van der Waals surface area contributed by atoms with Gasteiger partial charge in [-0.05, 0) is 53.4 Å². The minimum absolute atomic E-state index is 0.0251. The molecule has 34 heavy (non-hydrogen) atoms. The van der Waals surface area contributed by atoms with Crippen LogP contribution in [-0.2, 0) is 7.05 Å². The van der Waals surface area contributed by atoms with Gasteiger partial charge in [0.15, 0.2) is 0 Å². The van der Waals surface area contributed by atoms with Crippen LogP contribution in [-0.4, -0.2) is 36.3 Å². The number of aliphatic hydroxyl groups is 1. The maximum Gasteiger partial charge on any atom is 0.251 e. The van der Waals surface area contributed by atoms with Gasteiger partial charge in [-0.25, -0.2) is 4.39 Å². The Morgan fingerprint density at radius 2 is 1.94 bits per heavy atom. The number of aliphatic hydroxyl groups excluding tert-OH is 1. The number of nitrogens with one attached hydrogen (secondary N) is 1. The van der Waals surface area contributed by atoms with E-state index >= 15 is 0 Å². The number of nitrogens with zero attached hydrogens (tertiary/aromatic N) is 4. The summed E-state index contributed by atoms with van der Waals surface area (Å²) in [4.78, 5) is 13.1. The molecule has 0 aliphatic rings. The second-order valence-electron chi connectivity index (χ2n) is 8.10. The second-order valence-corrected chi connectivity index (χ2v) is 8.51. The Labute approximate surface area is 199 Å². The molecule has 9 heteroatoms. The fourth-order valence-electron chi connectivity index (χ4n) is 4.19. The number of halogens is 2. The van der Waals surface area contributed by atoms with Crippen molar-refractivity contribution in [3.05, 3.63) is 93.9 Å². The molecule has 0 aliphatic carbocycles. The molecule has 172 valence electrons. The molecule has 2 N–H and O–H groups in total. The molecule has 1 atom stereocenters. The molecule has 3 heterocycles. The van der Waals surface area contributed by atoms with Crippen LogP contribution in [0.25, 0.3) is 33.3 Å². The smallest absolute Gasteiger partial charge is 0.251 e. The van der Waals surface area contributed by atoms with Crippen LogP contribution in [0.5, 0.6) is 0 Å². The first-order chi connectivity index (χ1) is 16.4. The fourth-order valence-corrected chi connectivity index (χ4v) is 4.38. The van der Waals surface area contributed by atoms with E-state index in [4.69, 9.17) is 11.6 Å². The van der Waals surface area contributed by atoms with Gasteiger partial charge in [-0.3, -0.25) is 14.6 Å². The zero-order valence-corrected chi connectivity index (χ0v) is 19.0. The van der Waals surface area contributed by atoms with E-state index in [1.54, 1.807) is 29.2 Å². The summed E-state index contributed by atoms with van der Waals surface area (Å²) in [7, 11) is 1.85. The first-order valence-corrected chi connectivity index (χ1v) is 11.1. The predicted molar refractivity (Wildman–Crippen MR) is 129 cm³/mol. The van der Waals surface area contributed by atoms with Crippen LogP contribution in [0.3, 0.4) is 0 Å². The molecule has 5 rings (SSSR count). The Morgan fingerprint density at radius 3 is 2.65 bits per heavy atom. The molecule has 3 aromatic heterocycles. The van der Waals surface area contributed by atoms with Crippen molar-refractivity contribution in [1.29, 1.82) is 0 Å². The Hall–Kier alpha value is -3.75. The third-order valence-corrected chi connectivity index (χ3v) is 6.18. The van der Waals surface area contributed by atoms with Gasteiger partial charge < -0.3 is 9.67 Å². The third-order valence-electron chi connectivity index (χ3n) is 5.89. The van der Waals surface area contributed by atoms with Gasteiger partial charge >= 0.3 is 0 Å². The number of hydrogen-bond acceptors (Lipinski definition) is 4. The van der Waals surface area contributed by atoms with Gasteiger partial charge in [0.05, 0.1) is 22.8 Å². The number of pyridine rings is 1. The van der Waals surface area contributed by atoms with Gasteiger partial charge in [-0.2, -0.15) is 10.2 Å². The molecule has 0 amide bonds. The number of fused-ring (bicyclic) bond motifs is 1. The lowest BCUT2D eigenvalue weighted by atomic mass is 10.0. The molecule has 7 nitrogen and oxygen atoms in total. The average molecular weight is 478 g/mol. The van der Waals surface area contributed by atoms with Gasteiger partial charge in [-0.1, -0.05) is 23.7 Å². The zero-order chi connectivity index (χ0) is 23.8. The van der Waals surface area contributed by atoms with E-state index in [1.807, 2.05) is 37.5 Å². The number of H-pyrrole nitrogens is 1. The van der Waals surface area contributed by atoms with E-state index in [0.717, 1.165) is 33.3 Å².